The number of pyridine rings is 1. The van der Waals surface area contributed by atoms with Crippen LogP contribution in [-0.2, 0) is 13.1 Å². The molecule has 0 saturated carbocycles. The number of hydrogen-bond donors (Lipinski definition) is 2. The van der Waals surface area contributed by atoms with E-state index in [2.05, 4.69) is 48.4 Å². The zero-order chi connectivity index (χ0) is 22.7. The number of furan rings is 1. The molecule has 5 nitrogen and oxygen atoms in total. The molecule has 0 aliphatic rings. The average Bonchev–Trinajstić information content (AvgIpc) is 3.28. The van der Waals surface area contributed by atoms with E-state index in [1.165, 1.54) is 0 Å². The number of fused-ring (bicyclic) bond motifs is 1. The van der Waals surface area contributed by atoms with E-state index in [9.17, 15) is 4.79 Å². The molecule has 0 amide bonds. The van der Waals surface area contributed by atoms with Gasteiger partial charge in [-0.05, 0) is 73.8 Å². The molecular weight excluding hydrogens is 418 g/mol. The molecule has 32 heavy (non-hydrogen) atoms. The molecule has 4 rings (SSSR count). The van der Waals surface area contributed by atoms with Gasteiger partial charge in [0.1, 0.15) is 5.76 Å². The lowest BCUT2D eigenvalue weighted by Gasteiger charge is -2.27. The molecule has 0 spiro atoms. The van der Waals surface area contributed by atoms with E-state index < -0.39 is 0 Å². The maximum atomic E-state index is 12.9. The third-order valence-electron chi connectivity index (χ3n) is 5.59. The third-order valence-corrected chi connectivity index (χ3v) is 5.96. The summed E-state index contributed by atoms with van der Waals surface area (Å²) in [5.41, 5.74) is 4.79. The van der Waals surface area contributed by atoms with Gasteiger partial charge < -0.3 is 19.6 Å². The highest BCUT2D eigenvalue weighted by atomic mass is 32.1. The van der Waals surface area contributed by atoms with E-state index >= 15 is 0 Å². The summed E-state index contributed by atoms with van der Waals surface area (Å²) in [5.74, 6) is 0.783. The molecule has 6 heteroatoms. The molecule has 1 atom stereocenters. The van der Waals surface area contributed by atoms with E-state index in [0.717, 1.165) is 33.4 Å². The minimum atomic E-state index is -0.104. The van der Waals surface area contributed by atoms with Gasteiger partial charge in [-0.15, -0.1) is 0 Å². The summed E-state index contributed by atoms with van der Waals surface area (Å²) in [5, 5.41) is 4.99. The molecule has 2 aromatic heterocycles. The summed E-state index contributed by atoms with van der Waals surface area (Å²) in [6, 6.07) is 20.1. The standard InChI is InChI=1S/C26H27N3O2S/c1-17-12-18(2)24-21(13-17)14-22(25(30)28-24)15-29(16-23-10-7-11-31-23)26(32)27-19(3)20-8-5-4-6-9-20/h4-14,19H,15-16H2,1-3H3,(H,27,32)(H,28,30)/t19-/m1/s1. The predicted octanol–water partition coefficient (Wildman–Crippen LogP) is 5.38. The van der Waals surface area contributed by atoms with Crippen LogP contribution < -0.4 is 10.9 Å². The van der Waals surface area contributed by atoms with Gasteiger partial charge in [0.05, 0.1) is 30.9 Å². The Morgan fingerprint density at radius 3 is 2.59 bits per heavy atom. The molecule has 0 bridgehead atoms. The van der Waals surface area contributed by atoms with E-state index in [0.29, 0.717) is 23.8 Å². The van der Waals surface area contributed by atoms with Gasteiger partial charge in [0, 0.05) is 5.56 Å². The number of aromatic nitrogens is 1. The van der Waals surface area contributed by atoms with Crippen LogP contribution in [0.5, 0.6) is 0 Å². The molecule has 0 radical (unpaired) electrons. The van der Waals surface area contributed by atoms with Crippen LogP contribution in [0, 0.1) is 13.8 Å². The SMILES string of the molecule is Cc1cc(C)c2[nH]c(=O)c(CN(Cc3ccco3)C(=S)N[C@H](C)c3ccccc3)cc2c1. The molecule has 0 aliphatic carbocycles. The Balaban J connectivity index is 1.63. The summed E-state index contributed by atoms with van der Waals surface area (Å²) in [7, 11) is 0. The lowest BCUT2D eigenvalue weighted by atomic mass is 10.1. The Hall–Kier alpha value is -3.38. The Kier molecular flexibility index (Phi) is 6.42. The van der Waals surface area contributed by atoms with Crippen LogP contribution in [0.2, 0.25) is 0 Å². The van der Waals surface area contributed by atoms with Crippen LogP contribution >= 0.6 is 12.2 Å². The Bertz CT molecular complexity index is 1280. The second-order valence-corrected chi connectivity index (χ2v) is 8.57. The minimum absolute atomic E-state index is 0.0305. The van der Waals surface area contributed by atoms with Gasteiger partial charge in [0.2, 0.25) is 0 Å². The van der Waals surface area contributed by atoms with Gasteiger partial charge in [-0.3, -0.25) is 4.79 Å². The lowest BCUT2D eigenvalue weighted by Crippen LogP contribution is -2.41. The van der Waals surface area contributed by atoms with Crippen LogP contribution in [0.4, 0.5) is 0 Å². The molecule has 4 aromatic rings. The van der Waals surface area contributed by atoms with Crippen LogP contribution in [0.3, 0.4) is 0 Å². The van der Waals surface area contributed by atoms with Crippen LogP contribution in [0.25, 0.3) is 10.9 Å². The summed E-state index contributed by atoms with van der Waals surface area (Å²) in [4.78, 5) is 17.9. The quantitative estimate of drug-likeness (QED) is 0.391. The largest absolute Gasteiger partial charge is 0.467 e. The van der Waals surface area contributed by atoms with Gasteiger partial charge in [-0.25, -0.2) is 0 Å². The number of nitrogens with one attached hydrogen (secondary N) is 2. The fourth-order valence-electron chi connectivity index (χ4n) is 3.95. The fraction of sp³-hybridized carbons (Fsp3) is 0.231. The van der Waals surface area contributed by atoms with Crippen molar-refractivity contribution >= 4 is 28.2 Å². The maximum absolute atomic E-state index is 12.9. The maximum Gasteiger partial charge on any atom is 0.253 e. The number of aryl methyl sites for hydroxylation is 2. The monoisotopic (exact) mass is 445 g/mol. The van der Waals surface area contributed by atoms with Gasteiger partial charge in [-0.2, -0.15) is 0 Å². The zero-order valence-electron chi connectivity index (χ0n) is 18.5. The average molecular weight is 446 g/mol. The number of nitrogens with zero attached hydrogens (tertiary/aromatic N) is 1. The minimum Gasteiger partial charge on any atom is -0.467 e. The van der Waals surface area contributed by atoms with Crippen LogP contribution in [0.1, 0.15) is 41.0 Å². The zero-order valence-corrected chi connectivity index (χ0v) is 19.3. The van der Waals surface area contributed by atoms with E-state index in [-0.39, 0.29) is 11.6 Å². The van der Waals surface area contributed by atoms with E-state index in [1.54, 1.807) is 6.26 Å². The predicted molar refractivity (Wildman–Crippen MR) is 133 cm³/mol. The van der Waals surface area contributed by atoms with Crippen molar-refractivity contribution in [2.75, 3.05) is 0 Å². The molecule has 0 unspecified atom stereocenters. The molecule has 0 aliphatic heterocycles. The summed E-state index contributed by atoms with van der Waals surface area (Å²) in [6.07, 6.45) is 1.64. The van der Waals surface area contributed by atoms with Gasteiger partial charge in [-0.1, -0.05) is 42.0 Å². The number of hydrogen-bond acceptors (Lipinski definition) is 3. The Labute approximate surface area is 193 Å². The molecule has 2 heterocycles. The Morgan fingerprint density at radius 1 is 1.09 bits per heavy atom. The van der Waals surface area contributed by atoms with Crippen molar-refractivity contribution < 1.29 is 4.42 Å². The first-order chi connectivity index (χ1) is 15.4. The lowest BCUT2D eigenvalue weighted by molar-refractivity contribution is 0.347. The summed E-state index contributed by atoms with van der Waals surface area (Å²) < 4.78 is 5.56. The molecule has 0 saturated heterocycles. The number of thiocarbonyl (C=S) groups is 1. The van der Waals surface area contributed by atoms with Gasteiger partial charge >= 0.3 is 0 Å². The molecular formula is C26H27N3O2S. The number of benzene rings is 2. The first-order valence-electron chi connectivity index (χ1n) is 10.7. The number of rotatable bonds is 6. The fourth-order valence-corrected chi connectivity index (χ4v) is 4.25. The summed E-state index contributed by atoms with van der Waals surface area (Å²) >= 11 is 5.77. The van der Waals surface area contributed by atoms with Crippen molar-refractivity contribution in [2.45, 2.75) is 39.9 Å². The Morgan fingerprint density at radius 2 is 1.88 bits per heavy atom. The molecule has 0 fully saturated rings. The second-order valence-electron chi connectivity index (χ2n) is 8.19. The van der Waals surface area contributed by atoms with E-state index in [1.807, 2.05) is 48.2 Å². The van der Waals surface area contributed by atoms with Crippen molar-refractivity contribution in [1.82, 2.24) is 15.2 Å². The highest BCUT2D eigenvalue weighted by Gasteiger charge is 2.17. The first kappa shape index (κ1) is 21.8. The van der Waals surface area contributed by atoms with Crippen molar-refractivity contribution in [3.63, 3.8) is 0 Å². The topological polar surface area (TPSA) is 61.3 Å². The molecule has 2 N–H and O–H groups in total. The number of aromatic amines is 1. The smallest absolute Gasteiger partial charge is 0.253 e. The normalized spacial score (nSPS) is 12.0. The second kappa shape index (κ2) is 9.40. The first-order valence-corrected chi connectivity index (χ1v) is 11.1. The van der Waals surface area contributed by atoms with Crippen molar-refractivity contribution in [3.8, 4) is 0 Å². The number of H-pyrrole nitrogens is 1. The van der Waals surface area contributed by atoms with Crippen molar-refractivity contribution in [2.24, 2.45) is 0 Å². The van der Waals surface area contributed by atoms with Crippen LogP contribution in [-0.4, -0.2) is 15.0 Å². The van der Waals surface area contributed by atoms with Gasteiger partial charge in [0.25, 0.3) is 5.56 Å². The molecule has 2 aromatic carbocycles. The summed E-state index contributed by atoms with van der Waals surface area (Å²) in [6.45, 7) is 6.97. The molecule has 164 valence electrons. The van der Waals surface area contributed by atoms with Gasteiger partial charge in [0.15, 0.2) is 5.11 Å². The van der Waals surface area contributed by atoms with E-state index in [4.69, 9.17) is 16.6 Å². The highest BCUT2D eigenvalue weighted by Crippen LogP contribution is 2.20. The third kappa shape index (κ3) is 4.92. The highest BCUT2D eigenvalue weighted by molar-refractivity contribution is 7.80. The van der Waals surface area contributed by atoms with Crippen molar-refractivity contribution in [1.29, 1.82) is 0 Å². The van der Waals surface area contributed by atoms with Crippen molar-refractivity contribution in [3.05, 3.63) is 105 Å². The van der Waals surface area contributed by atoms with Crippen LogP contribution in [0.15, 0.2) is 76.1 Å².